The van der Waals surface area contributed by atoms with Crippen molar-refractivity contribution in [1.29, 1.82) is 0 Å². The van der Waals surface area contributed by atoms with Crippen LogP contribution in [-0.4, -0.2) is 71.6 Å². The number of piperazine rings is 1. The van der Waals surface area contributed by atoms with Gasteiger partial charge in [-0.05, 0) is 30.7 Å². The number of nitrogens with two attached hydrogens (primary N) is 1. The van der Waals surface area contributed by atoms with E-state index < -0.39 is 29.8 Å². The first-order valence-electron chi connectivity index (χ1n) is 12.8. The lowest BCUT2D eigenvalue weighted by atomic mass is 10.0. The van der Waals surface area contributed by atoms with E-state index in [0.29, 0.717) is 49.8 Å². The summed E-state index contributed by atoms with van der Waals surface area (Å²) in [5.74, 6) is -1.17. The van der Waals surface area contributed by atoms with Gasteiger partial charge in [-0.25, -0.2) is 19.2 Å². The molecule has 39 heavy (non-hydrogen) atoms. The van der Waals surface area contributed by atoms with Crippen LogP contribution in [0.3, 0.4) is 0 Å². The highest BCUT2D eigenvalue weighted by molar-refractivity contribution is 5.91. The monoisotopic (exact) mass is 532 g/mol. The van der Waals surface area contributed by atoms with Gasteiger partial charge in [-0.2, -0.15) is 0 Å². The number of primary amides is 1. The first-order chi connectivity index (χ1) is 18.8. The van der Waals surface area contributed by atoms with Crippen LogP contribution in [0.4, 0.5) is 20.8 Å². The number of carbonyl (C=O) groups is 3. The molecule has 0 saturated carbocycles. The van der Waals surface area contributed by atoms with Gasteiger partial charge in [0.2, 0.25) is 17.8 Å². The normalized spacial score (nSPS) is 18.2. The Morgan fingerprint density at radius 3 is 2.41 bits per heavy atom. The number of anilines is 2. The molecule has 2 saturated heterocycles. The van der Waals surface area contributed by atoms with Crippen LogP contribution < -0.4 is 15.5 Å². The average Bonchev–Trinajstić information content (AvgIpc) is 3.34. The highest BCUT2D eigenvalue weighted by Gasteiger charge is 2.38. The fraction of sp³-hybridized carbons (Fsp3) is 0.321. The number of carbonyl (C=O) groups excluding carboxylic acids is 3. The number of nitrogens with zero attached hydrogens (tertiary/aromatic N) is 5. The standard InChI is InChI=1S/C28H29FN6O4/c1-18(26(30)37)24-17-35(28(38)39-24)21-7-8-22(23(29)14-21)20-15-31-27(32-16-20)34-11-9-33(10-12-34)25(36)13-19-5-3-2-4-6-19/h2-8,14-16,18,24H,9-13,17H2,1H3,(H2,30,37)/t18-,24?/m0/s1. The third kappa shape index (κ3) is 5.66. The van der Waals surface area contributed by atoms with Crippen molar-refractivity contribution in [3.05, 3.63) is 72.3 Å². The molecule has 2 aliphatic rings. The van der Waals surface area contributed by atoms with E-state index in [0.717, 1.165) is 5.56 Å². The number of benzene rings is 2. The van der Waals surface area contributed by atoms with E-state index in [1.807, 2.05) is 40.1 Å². The molecule has 2 aliphatic heterocycles. The molecule has 3 amide bonds. The predicted molar refractivity (Wildman–Crippen MR) is 142 cm³/mol. The molecule has 5 rings (SSSR count). The van der Waals surface area contributed by atoms with E-state index in [1.54, 1.807) is 31.5 Å². The van der Waals surface area contributed by atoms with E-state index in [4.69, 9.17) is 10.5 Å². The number of aromatic nitrogens is 2. The second-order valence-corrected chi connectivity index (χ2v) is 9.69. The molecule has 3 aromatic rings. The molecule has 3 heterocycles. The Kier molecular flexibility index (Phi) is 7.40. The highest BCUT2D eigenvalue weighted by Crippen LogP contribution is 2.30. The van der Waals surface area contributed by atoms with Gasteiger partial charge in [0.1, 0.15) is 11.9 Å². The number of hydrogen-bond donors (Lipinski definition) is 1. The van der Waals surface area contributed by atoms with Crippen molar-refractivity contribution in [1.82, 2.24) is 14.9 Å². The zero-order valence-corrected chi connectivity index (χ0v) is 21.5. The molecule has 0 radical (unpaired) electrons. The van der Waals surface area contributed by atoms with Crippen molar-refractivity contribution >= 4 is 29.5 Å². The van der Waals surface area contributed by atoms with E-state index in [9.17, 15) is 14.4 Å². The first kappa shape index (κ1) is 26.1. The van der Waals surface area contributed by atoms with Gasteiger partial charge in [0.05, 0.1) is 24.6 Å². The summed E-state index contributed by atoms with van der Waals surface area (Å²) in [4.78, 5) is 50.4. The second-order valence-electron chi connectivity index (χ2n) is 9.69. The molecule has 2 atom stereocenters. The minimum atomic E-state index is -0.692. The molecule has 202 valence electrons. The van der Waals surface area contributed by atoms with Crippen LogP contribution in [-0.2, 0) is 20.7 Å². The lowest BCUT2D eigenvalue weighted by Gasteiger charge is -2.34. The van der Waals surface area contributed by atoms with Crippen LogP contribution in [0.1, 0.15) is 12.5 Å². The summed E-state index contributed by atoms with van der Waals surface area (Å²) >= 11 is 0. The Bertz CT molecular complexity index is 1360. The predicted octanol–water partition coefficient (Wildman–Crippen LogP) is 2.62. The van der Waals surface area contributed by atoms with Crippen molar-refractivity contribution in [3.63, 3.8) is 0 Å². The smallest absolute Gasteiger partial charge is 0.414 e. The van der Waals surface area contributed by atoms with E-state index >= 15 is 4.39 Å². The molecule has 0 spiro atoms. The van der Waals surface area contributed by atoms with Gasteiger partial charge in [-0.15, -0.1) is 0 Å². The van der Waals surface area contributed by atoms with Crippen LogP contribution in [0.25, 0.3) is 11.1 Å². The maximum Gasteiger partial charge on any atom is 0.414 e. The summed E-state index contributed by atoms with van der Waals surface area (Å²) in [6.07, 6.45) is 2.14. The van der Waals surface area contributed by atoms with Crippen molar-refractivity contribution in [2.45, 2.75) is 19.4 Å². The van der Waals surface area contributed by atoms with Gasteiger partial charge >= 0.3 is 6.09 Å². The van der Waals surface area contributed by atoms with E-state index in [-0.39, 0.29) is 18.0 Å². The molecule has 2 N–H and O–H groups in total. The number of ether oxygens (including phenoxy) is 1. The topological polar surface area (TPSA) is 122 Å². The summed E-state index contributed by atoms with van der Waals surface area (Å²) in [5.41, 5.74) is 7.40. The van der Waals surface area contributed by atoms with Crippen LogP contribution in [0, 0.1) is 11.7 Å². The summed E-state index contributed by atoms with van der Waals surface area (Å²) in [7, 11) is 0. The lowest BCUT2D eigenvalue weighted by Crippen LogP contribution is -2.49. The molecule has 2 fully saturated rings. The number of rotatable bonds is 7. The van der Waals surface area contributed by atoms with Crippen molar-refractivity contribution in [2.24, 2.45) is 11.7 Å². The molecule has 0 bridgehead atoms. The summed E-state index contributed by atoms with van der Waals surface area (Å²) < 4.78 is 20.3. The Labute approximate surface area is 225 Å². The van der Waals surface area contributed by atoms with Gasteiger partial charge in [0, 0.05) is 49.7 Å². The zero-order chi connectivity index (χ0) is 27.5. The number of amides is 3. The molecule has 0 aliphatic carbocycles. The zero-order valence-electron chi connectivity index (χ0n) is 21.5. The van der Waals surface area contributed by atoms with Gasteiger partial charge in [0.15, 0.2) is 0 Å². The van der Waals surface area contributed by atoms with Gasteiger partial charge in [-0.3, -0.25) is 14.5 Å². The van der Waals surface area contributed by atoms with Crippen molar-refractivity contribution in [3.8, 4) is 11.1 Å². The third-order valence-corrected chi connectivity index (χ3v) is 7.17. The Hall–Kier alpha value is -4.54. The van der Waals surface area contributed by atoms with Crippen molar-refractivity contribution < 1.29 is 23.5 Å². The average molecular weight is 533 g/mol. The summed E-state index contributed by atoms with van der Waals surface area (Å²) in [6.45, 7) is 4.04. The Balaban J connectivity index is 1.20. The van der Waals surface area contributed by atoms with E-state index in [1.165, 1.54) is 11.0 Å². The van der Waals surface area contributed by atoms with E-state index in [2.05, 4.69) is 9.97 Å². The van der Waals surface area contributed by atoms with Gasteiger partial charge < -0.3 is 20.3 Å². The second kappa shape index (κ2) is 11.1. The summed E-state index contributed by atoms with van der Waals surface area (Å²) in [6, 6.07) is 14.1. The van der Waals surface area contributed by atoms with Crippen LogP contribution in [0.5, 0.6) is 0 Å². The SMILES string of the molecule is C[C@H](C(N)=O)C1CN(c2ccc(-c3cnc(N4CCN(C(=O)Cc5ccccc5)CC4)nc3)c(F)c2)C(=O)O1. The first-order valence-corrected chi connectivity index (χ1v) is 12.8. The van der Waals surface area contributed by atoms with Crippen LogP contribution >= 0.6 is 0 Å². The van der Waals surface area contributed by atoms with Crippen LogP contribution in [0.2, 0.25) is 0 Å². The van der Waals surface area contributed by atoms with Crippen molar-refractivity contribution in [2.75, 3.05) is 42.5 Å². The minimum absolute atomic E-state index is 0.0936. The Morgan fingerprint density at radius 2 is 1.77 bits per heavy atom. The van der Waals surface area contributed by atoms with Crippen LogP contribution in [0.15, 0.2) is 60.9 Å². The third-order valence-electron chi connectivity index (χ3n) is 7.17. The molecule has 1 aromatic heterocycles. The quantitative estimate of drug-likeness (QED) is 0.496. The molecule has 10 nitrogen and oxygen atoms in total. The number of halogens is 1. The van der Waals surface area contributed by atoms with Gasteiger partial charge in [0.25, 0.3) is 0 Å². The molecule has 2 aromatic carbocycles. The largest absolute Gasteiger partial charge is 0.443 e. The fourth-order valence-electron chi connectivity index (χ4n) is 4.71. The maximum atomic E-state index is 15.1. The summed E-state index contributed by atoms with van der Waals surface area (Å²) in [5, 5.41) is 0. The molecule has 1 unspecified atom stereocenters. The van der Waals surface area contributed by atoms with Gasteiger partial charge in [-0.1, -0.05) is 30.3 Å². The molecular formula is C28H29FN6O4. The minimum Gasteiger partial charge on any atom is -0.443 e. The molecular weight excluding hydrogens is 503 g/mol. The number of cyclic esters (lactones) is 1. The number of hydrogen-bond acceptors (Lipinski definition) is 7. The molecule has 11 heteroatoms. The highest BCUT2D eigenvalue weighted by atomic mass is 19.1. The fourth-order valence-corrected chi connectivity index (χ4v) is 4.71. The lowest BCUT2D eigenvalue weighted by molar-refractivity contribution is -0.130. The Morgan fingerprint density at radius 1 is 1.08 bits per heavy atom. The maximum absolute atomic E-state index is 15.1.